The molecule has 1 N–H and O–H groups in total. The zero-order valence-corrected chi connectivity index (χ0v) is 16.6. The molecule has 0 saturated carbocycles. The number of ether oxygens (including phenoxy) is 3. The van der Waals surface area contributed by atoms with Gasteiger partial charge < -0.3 is 14.2 Å². The van der Waals surface area contributed by atoms with Gasteiger partial charge in [0.1, 0.15) is 23.9 Å². The predicted octanol–water partition coefficient (Wildman–Crippen LogP) is 3.21. The van der Waals surface area contributed by atoms with Crippen LogP contribution in [0.25, 0.3) is 0 Å². The Bertz CT molecular complexity index is 808. The number of nitrogens with one attached hydrogen (secondary N) is 1. The Morgan fingerprint density at radius 3 is 2.24 bits per heavy atom. The van der Waals surface area contributed by atoms with E-state index in [1.54, 1.807) is 44.4 Å². The normalized spacial score (nSPS) is 12.5. The third-order valence-electron chi connectivity index (χ3n) is 3.35. The average molecular weight is 430 g/mol. The van der Waals surface area contributed by atoms with E-state index in [4.69, 9.17) is 14.2 Å². The molecule has 1 atom stereocenters. The van der Waals surface area contributed by atoms with Crippen molar-refractivity contribution in [3.63, 3.8) is 0 Å². The van der Waals surface area contributed by atoms with Crippen molar-refractivity contribution in [2.24, 2.45) is 0 Å². The maximum absolute atomic E-state index is 12.4. The van der Waals surface area contributed by atoms with E-state index in [0.29, 0.717) is 16.0 Å². The number of halogens is 1. The first-order valence-electron chi connectivity index (χ1n) is 7.48. The molecule has 0 aromatic heterocycles. The number of hydrogen-bond acceptors (Lipinski definition) is 5. The minimum Gasteiger partial charge on any atom is -0.497 e. The minimum atomic E-state index is -3.66. The summed E-state index contributed by atoms with van der Waals surface area (Å²) < 4.78 is 43.8. The van der Waals surface area contributed by atoms with Crippen LogP contribution in [-0.2, 0) is 10.0 Å². The Balaban J connectivity index is 1.98. The summed E-state index contributed by atoms with van der Waals surface area (Å²) in [6, 6.07) is 11.3. The van der Waals surface area contributed by atoms with Crippen molar-refractivity contribution in [1.29, 1.82) is 0 Å². The summed E-state index contributed by atoms with van der Waals surface area (Å²) in [6.45, 7) is 1.93. The van der Waals surface area contributed by atoms with Gasteiger partial charge in [0, 0.05) is 0 Å². The summed E-state index contributed by atoms with van der Waals surface area (Å²) in [6.07, 6.45) is 0. The van der Waals surface area contributed by atoms with Crippen LogP contribution in [0, 0.1) is 0 Å². The molecule has 0 amide bonds. The quantitative estimate of drug-likeness (QED) is 0.697. The fourth-order valence-electron chi connectivity index (χ4n) is 2.07. The second kappa shape index (κ2) is 8.55. The third-order valence-corrected chi connectivity index (χ3v) is 5.56. The van der Waals surface area contributed by atoms with Crippen molar-refractivity contribution in [3.05, 3.63) is 46.9 Å². The smallest absolute Gasteiger partial charge is 0.240 e. The molecule has 2 aromatic carbocycles. The molecule has 0 radical (unpaired) electrons. The van der Waals surface area contributed by atoms with Crippen LogP contribution in [0.3, 0.4) is 0 Å². The van der Waals surface area contributed by atoms with Gasteiger partial charge in [-0.2, -0.15) is 0 Å². The lowest BCUT2D eigenvalue weighted by Crippen LogP contribution is -2.36. The number of benzene rings is 2. The molecule has 0 heterocycles. The van der Waals surface area contributed by atoms with E-state index in [-0.39, 0.29) is 11.5 Å². The highest BCUT2D eigenvalue weighted by Gasteiger charge is 2.19. The summed E-state index contributed by atoms with van der Waals surface area (Å²) in [5, 5.41) is 0. The molecule has 0 spiro atoms. The van der Waals surface area contributed by atoms with Crippen LogP contribution in [-0.4, -0.2) is 35.3 Å². The molecule has 0 aliphatic rings. The van der Waals surface area contributed by atoms with Crippen molar-refractivity contribution in [1.82, 2.24) is 4.72 Å². The van der Waals surface area contributed by atoms with Crippen molar-refractivity contribution >= 4 is 26.0 Å². The summed E-state index contributed by atoms with van der Waals surface area (Å²) in [4.78, 5) is 0.150. The second-order valence-corrected chi connectivity index (χ2v) is 7.87. The molecular formula is C17H20BrNO5S. The lowest BCUT2D eigenvalue weighted by Gasteiger charge is -2.16. The number of rotatable bonds is 8. The van der Waals surface area contributed by atoms with E-state index in [2.05, 4.69) is 20.7 Å². The van der Waals surface area contributed by atoms with Crippen LogP contribution in [0.1, 0.15) is 6.92 Å². The Labute approximate surface area is 156 Å². The van der Waals surface area contributed by atoms with Crippen LogP contribution in [0.2, 0.25) is 0 Å². The van der Waals surface area contributed by atoms with Crippen molar-refractivity contribution in [2.45, 2.75) is 17.9 Å². The topological polar surface area (TPSA) is 73.9 Å². The fraction of sp³-hybridized carbons (Fsp3) is 0.294. The van der Waals surface area contributed by atoms with Gasteiger partial charge in [0.2, 0.25) is 10.0 Å². The van der Waals surface area contributed by atoms with E-state index >= 15 is 0 Å². The fourth-order valence-corrected chi connectivity index (χ4v) is 4.02. The maximum atomic E-state index is 12.4. The van der Waals surface area contributed by atoms with Gasteiger partial charge in [-0.15, -0.1) is 0 Å². The summed E-state index contributed by atoms with van der Waals surface area (Å²) >= 11 is 3.29. The molecule has 2 rings (SSSR count). The predicted molar refractivity (Wildman–Crippen MR) is 99.0 cm³/mol. The van der Waals surface area contributed by atoms with Gasteiger partial charge in [-0.05, 0) is 65.3 Å². The Kier molecular flexibility index (Phi) is 6.69. The Morgan fingerprint density at radius 2 is 1.68 bits per heavy atom. The van der Waals surface area contributed by atoms with Gasteiger partial charge in [-0.3, -0.25) is 0 Å². The van der Waals surface area contributed by atoms with E-state index in [1.165, 1.54) is 19.2 Å². The maximum Gasteiger partial charge on any atom is 0.240 e. The zero-order valence-electron chi connectivity index (χ0n) is 14.2. The monoisotopic (exact) mass is 429 g/mol. The molecule has 0 fully saturated rings. The van der Waals surface area contributed by atoms with Crippen LogP contribution < -0.4 is 18.9 Å². The van der Waals surface area contributed by atoms with E-state index in [0.717, 1.165) is 5.75 Å². The molecule has 2 aromatic rings. The first kappa shape index (κ1) is 19.6. The summed E-state index contributed by atoms with van der Waals surface area (Å²) in [7, 11) is -0.551. The highest BCUT2D eigenvalue weighted by molar-refractivity contribution is 9.10. The molecule has 6 nitrogen and oxygen atoms in total. The molecule has 1 unspecified atom stereocenters. The van der Waals surface area contributed by atoms with Crippen molar-refractivity contribution < 1.29 is 22.6 Å². The van der Waals surface area contributed by atoms with Gasteiger partial charge in [-0.25, -0.2) is 13.1 Å². The molecule has 25 heavy (non-hydrogen) atoms. The summed E-state index contributed by atoms with van der Waals surface area (Å²) in [5.74, 6) is 1.93. The highest BCUT2D eigenvalue weighted by Crippen LogP contribution is 2.27. The first-order valence-corrected chi connectivity index (χ1v) is 9.76. The van der Waals surface area contributed by atoms with Crippen LogP contribution in [0.15, 0.2) is 51.8 Å². The lowest BCUT2D eigenvalue weighted by molar-refractivity contribution is 0.287. The SMILES string of the molecule is COc1ccc(OCC(C)NS(=O)(=O)c2ccc(OC)c(Br)c2)cc1. The Hall–Kier alpha value is -1.77. The van der Waals surface area contributed by atoms with Gasteiger partial charge >= 0.3 is 0 Å². The highest BCUT2D eigenvalue weighted by atomic mass is 79.9. The van der Waals surface area contributed by atoms with Crippen molar-refractivity contribution in [2.75, 3.05) is 20.8 Å². The Morgan fingerprint density at radius 1 is 1.04 bits per heavy atom. The van der Waals surface area contributed by atoms with E-state index < -0.39 is 16.1 Å². The van der Waals surface area contributed by atoms with Gasteiger partial charge in [0.05, 0.1) is 29.6 Å². The average Bonchev–Trinajstić information content (AvgIpc) is 2.60. The molecule has 8 heteroatoms. The molecule has 0 aliphatic carbocycles. The van der Waals surface area contributed by atoms with Crippen molar-refractivity contribution in [3.8, 4) is 17.2 Å². The van der Waals surface area contributed by atoms with E-state index in [1.807, 2.05) is 0 Å². The van der Waals surface area contributed by atoms with E-state index in [9.17, 15) is 8.42 Å². The number of hydrogen-bond donors (Lipinski definition) is 1. The van der Waals surface area contributed by atoms with Gasteiger partial charge in [0.25, 0.3) is 0 Å². The molecule has 0 saturated heterocycles. The third kappa shape index (κ3) is 5.35. The summed E-state index contributed by atoms with van der Waals surface area (Å²) in [5.41, 5.74) is 0. The zero-order chi connectivity index (χ0) is 18.4. The largest absolute Gasteiger partial charge is 0.497 e. The second-order valence-electron chi connectivity index (χ2n) is 5.31. The number of sulfonamides is 1. The molecule has 0 bridgehead atoms. The molecule has 136 valence electrons. The van der Waals surface area contributed by atoms with Gasteiger partial charge in [0.15, 0.2) is 0 Å². The first-order chi connectivity index (χ1) is 11.9. The molecular weight excluding hydrogens is 410 g/mol. The van der Waals surface area contributed by atoms with Crippen LogP contribution >= 0.6 is 15.9 Å². The van der Waals surface area contributed by atoms with Crippen LogP contribution in [0.5, 0.6) is 17.2 Å². The van der Waals surface area contributed by atoms with Gasteiger partial charge in [-0.1, -0.05) is 0 Å². The minimum absolute atomic E-state index is 0.150. The lowest BCUT2D eigenvalue weighted by atomic mass is 10.3. The standard InChI is InChI=1S/C17H20BrNO5S/c1-12(11-24-14-6-4-13(22-2)5-7-14)19-25(20,21)15-8-9-17(23-3)16(18)10-15/h4-10,12,19H,11H2,1-3H3. The number of methoxy groups -OCH3 is 2. The van der Waals surface area contributed by atoms with Crippen LogP contribution in [0.4, 0.5) is 0 Å². The molecule has 0 aliphatic heterocycles.